The number of hydrogen-bond acceptors (Lipinski definition) is 5. The van der Waals surface area contributed by atoms with Crippen molar-refractivity contribution in [3.05, 3.63) is 65.7 Å². The molecular weight excluding hydrogens is 358 g/mol. The lowest BCUT2D eigenvalue weighted by molar-refractivity contribution is -0.143. The zero-order valence-corrected chi connectivity index (χ0v) is 16.4. The van der Waals surface area contributed by atoms with Gasteiger partial charge in [0, 0.05) is 5.56 Å². The van der Waals surface area contributed by atoms with Crippen LogP contribution in [0.2, 0.25) is 0 Å². The van der Waals surface area contributed by atoms with Gasteiger partial charge in [0.1, 0.15) is 12.3 Å². The van der Waals surface area contributed by atoms with Crippen LogP contribution >= 0.6 is 0 Å². The number of Topliss-reactive ketones (excluding diaryl/α,β-unsaturated/α-hetero) is 1. The average molecular weight is 383 g/mol. The second-order valence-electron chi connectivity index (χ2n) is 7.29. The Bertz CT molecular complexity index is 807. The fraction of sp³-hybridized carbons (Fsp3) is 0.318. The van der Waals surface area contributed by atoms with Crippen molar-refractivity contribution in [1.29, 1.82) is 0 Å². The summed E-state index contributed by atoms with van der Waals surface area (Å²) in [5.41, 5.74) is 1.58. The molecule has 0 spiro atoms. The van der Waals surface area contributed by atoms with E-state index in [-0.39, 0.29) is 31.0 Å². The van der Waals surface area contributed by atoms with Gasteiger partial charge in [0.05, 0.1) is 0 Å². The average Bonchev–Trinajstić information content (AvgIpc) is 2.69. The third-order valence-electron chi connectivity index (χ3n) is 3.98. The van der Waals surface area contributed by atoms with Crippen LogP contribution in [0, 0.1) is 0 Å². The molecule has 0 fully saturated rings. The van der Waals surface area contributed by atoms with Crippen LogP contribution in [0.3, 0.4) is 0 Å². The van der Waals surface area contributed by atoms with E-state index in [4.69, 9.17) is 9.47 Å². The molecule has 0 aliphatic heterocycles. The minimum absolute atomic E-state index is 0.00350. The van der Waals surface area contributed by atoms with Crippen molar-refractivity contribution in [3.63, 3.8) is 0 Å². The molecule has 148 valence electrons. The van der Waals surface area contributed by atoms with Crippen molar-refractivity contribution in [1.82, 2.24) is 5.32 Å². The van der Waals surface area contributed by atoms with E-state index in [2.05, 4.69) is 26.1 Å². The number of ether oxygens (including phenoxy) is 2. The lowest BCUT2D eigenvalue weighted by atomic mass is 9.86. The molecule has 6 nitrogen and oxygen atoms in total. The van der Waals surface area contributed by atoms with E-state index in [1.54, 1.807) is 36.4 Å². The molecule has 0 radical (unpaired) electrons. The number of carbonyl (C=O) groups excluding carboxylic acids is 3. The fourth-order valence-electron chi connectivity index (χ4n) is 2.32. The van der Waals surface area contributed by atoms with E-state index in [1.165, 1.54) is 0 Å². The van der Waals surface area contributed by atoms with Crippen molar-refractivity contribution in [2.75, 3.05) is 19.8 Å². The Kier molecular flexibility index (Phi) is 7.32. The number of carbonyl (C=O) groups is 3. The topological polar surface area (TPSA) is 81.7 Å². The van der Waals surface area contributed by atoms with Crippen molar-refractivity contribution in [2.45, 2.75) is 26.2 Å². The first-order chi connectivity index (χ1) is 13.3. The van der Waals surface area contributed by atoms with Crippen LogP contribution in [0.4, 0.5) is 0 Å². The predicted octanol–water partition coefficient (Wildman–Crippen LogP) is 2.91. The normalized spacial score (nSPS) is 10.8. The Morgan fingerprint density at radius 2 is 1.54 bits per heavy atom. The van der Waals surface area contributed by atoms with Gasteiger partial charge in [0.15, 0.2) is 19.0 Å². The standard InChI is InChI=1S/C22H25NO5/c1-22(2,3)17-11-9-16(10-12-17)19(24)14-28-21(26)13-23-20(25)15-27-18-7-5-4-6-8-18/h4-12H,13-15H2,1-3H3,(H,23,25). The first-order valence-electron chi connectivity index (χ1n) is 8.99. The number of rotatable bonds is 8. The molecule has 0 saturated carbocycles. The smallest absolute Gasteiger partial charge is 0.325 e. The molecular formula is C22H25NO5. The number of amides is 1. The SMILES string of the molecule is CC(C)(C)c1ccc(C(=O)COC(=O)CNC(=O)COc2ccccc2)cc1. The van der Waals surface area contributed by atoms with Crippen molar-refractivity contribution in [3.8, 4) is 5.75 Å². The van der Waals surface area contributed by atoms with Crippen LogP contribution in [0.25, 0.3) is 0 Å². The van der Waals surface area contributed by atoms with Crippen LogP contribution in [0.15, 0.2) is 54.6 Å². The number of ketones is 1. The van der Waals surface area contributed by atoms with Crippen LogP contribution in [0.1, 0.15) is 36.7 Å². The van der Waals surface area contributed by atoms with Gasteiger partial charge in [-0.05, 0) is 23.1 Å². The second kappa shape index (κ2) is 9.69. The molecule has 1 N–H and O–H groups in total. The Morgan fingerprint density at radius 1 is 0.893 bits per heavy atom. The van der Waals surface area contributed by atoms with E-state index in [0.717, 1.165) is 5.56 Å². The lowest BCUT2D eigenvalue weighted by Gasteiger charge is -2.18. The highest BCUT2D eigenvalue weighted by molar-refractivity contribution is 5.98. The van der Waals surface area contributed by atoms with E-state index in [0.29, 0.717) is 11.3 Å². The zero-order valence-electron chi connectivity index (χ0n) is 16.4. The summed E-state index contributed by atoms with van der Waals surface area (Å²) in [5.74, 6) is -0.881. The number of nitrogens with one attached hydrogen (secondary N) is 1. The Balaban J connectivity index is 1.70. The minimum atomic E-state index is -0.687. The molecule has 0 saturated heterocycles. The highest BCUT2D eigenvalue weighted by Gasteiger charge is 2.15. The van der Waals surface area contributed by atoms with Crippen molar-refractivity contribution in [2.24, 2.45) is 0 Å². The molecule has 0 aliphatic rings. The largest absolute Gasteiger partial charge is 0.484 e. The van der Waals surface area contributed by atoms with E-state index >= 15 is 0 Å². The van der Waals surface area contributed by atoms with E-state index in [9.17, 15) is 14.4 Å². The number of para-hydroxylation sites is 1. The summed E-state index contributed by atoms with van der Waals surface area (Å²) >= 11 is 0. The summed E-state index contributed by atoms with van der Waals surface area (Å²) in [6.45, 7) is 5.36. The maximum atomic E-state index is 12.1. The molecule has 0 heterocycles. The van der Waals surface area contributed by atoms with Crippen molar-refractivity contribution < 1.29 is 23.9 Å². The summed E-state index contributed by atoms with van der Waals surface area (Å²) in [6, 6.07) is 16.1. The molecule has 2 aromatic rings. The monoisotopic (exact) mass is 383 g/mol. The quantitative estimate of drug-likeness (QED) is 0.560. The van der Waals surface area contributed by atoms with Gasteiger partial charge >= 0.3 is 5.97 Å². The highest BCUT2D eigenvalue weighted by atomic mass is 16.5. The summed E-state index contributed by atoms with van der Waals surface area (Å²) in [4.78, 5) is 35.5. The van der Waals surface area contributed by atoms with Gasteiger partial charge in [0.25, 0.3) is 5.91 Å². The van der Waals surface area contributed by atoms with Gasteiger partial charge in [-0.1, -0.05) is 63.2 Å². The Hall–Kier alpha value is -3.15. The van der Waals surface area contributed by atoms with Gasteiger partial charge < -0.3 is 14.8 Å². The van der Waals surface area contributed by atoms with Crippen LogP contribution < -0.4 is 10.1 Å². The van der Waals surface area contributed by atoms with E-state index < -0.39 is 11.9 Å². The van der Waals surface area contributed by atoms with Gasteiger partial charge in [-0.25, -0.2) is 0 Å². The van der Waals surface area contributed by atoms with Crippen LogP contribution in [-0.2, 0) is 19.7 Å². The molecule has 0 aromatic heterocycles. The Labute approximate surface area is 164 Å². The van der Waals surface area contributed by atoms with Gasteiger partial charge in [-0.2, -0.15) is 0 Å². The third-order valence-corrected chi connectivity index (χ3v) is 3.98. The molecule has 2 aromatic carbocycles. The summed E-state index contributed by atoms with van der Waals surface area (Å²) in [6.07, 6.45) is 0. The first kappa shape index (κ1) is 21.2. The van der Waals surface area contributed by atoms with Gasteiger partial charge in [-0.15, -0.1) is 0 Å². The summed E-state index contributed by atoms with van der Waals surface area (Å²) in [5, 5.41) is 2.39. The van der Waals surface area contributed by atoms with Crippen LogP contribution in [-0.4, -0.2) is 37.4 Å². The van der Waals surface area contributed by atoms with Crippen LogP contribution in [0.5, 0.6) is 5.75 Å². The number of benzene rings is 2. The second-order valence-corrected chi connectivity index (χ2v) is 7.29. The third kappa shape index (κ3) is 6.87. The number of esters is 1. The van der Waals surface area contributed by atoms with Gasteiger partial charge in [0.2, 0.25) is 0 Å². The van der Waals surface area contributed by atoms with E-state index in [1.807, 2.05) is 18.2 Å². The van der Waals surface area contributed by atoms with Gasteiger partial charge in [-0.3, -0.25) is 14.4 Å². The summed E-state index contributed by atoms with van der Waals surface area (Å²) in [7, 11) is 0. The fourth-order valence-corrected chi connectivity index (χ4v) is 2.32. The molecule has 6 heteroatoms. The summed E-state index contributed by atoms with van der Waals surface area (Å²) < 4.78 is 10.2. The first-order valence-corrected chi connectivity index (χ1v) is 8.99. The predicted molar refractivity (Wildman–Crippen MR) is 105 cm³/mol. The molecule has 0 bridgehead atoms. The zero-order chi connectivity index (χ0) is 20.6. The lowest BCUT2D eigenvalue weighted by Crippen LogP contribution is -2.34. The Morgan fingerprint density at radius 3 is 2.14 bits per heavy atom. The molecule has 0 unspecified atom stereocenters. The molecule has 0 aliphatic carbocycles. The number of hydrogen-bond donors (Lipinski definition) is 1. The molecule has 2 rings (SSSR count). The highest BCUT2D eigenvalue weighted by Crippen LogP contribution is 2.22. The molecule has 28 heavy (non-hydrogen) atoms. The molecule has 1 amide bonds. The maximum Gasteiger partial charge on any atom is 0.325 e. The minimum Gasteiger partial charge on any atom is -0.484 e. The van der Waals surface area contributed by atoms with Crippen molar-refractivity contribution >= 4 is 17.7 Å². The maximum absolute atomic E-state index is 12.1. The molecule has 0 atom stereocenters.